The minimum atomic E-state index is -0.00941. The van der Waals surface area contributed by atoms with E-state index < -0.39 is 0 Å². The maximum absolute atomic E-state index is 8.77. The molecule has 0 amide bonds. The predicted molar refractivity (Wildman–Crippen MR) is 64.0 cm³/mol. The molecule has 1 aromatic heterocycles. The number of hydrogen-bond donors (Lipinski definition) is 3. The second-order valence-electron chi connectivity index (χ2n) is 3.65. The highest BCUT2D eigenvalue weighted by molar-refractivity contribution is 5.62. The highest BCUT2D eigenvalue weighted by Gasteiger charge is 2.08. The van der Waals surface area contributed by atoms with Gasteiger partial charge in [-0.15, -0.1) is 0 Å². The van der Waals surface area contributed by atoms with Gasteiger partial charge in [0.2, 0.25) is 0 Å². The Balaban J connectivity index is 2.15. The van der Waals surface area contributed by atoms with E-state index in [2.05, 4.69) is 20.5 Å². The van der Waals surface area contributed by atoms with E-state index in [4.69, 9.17) is 11.0 Å². The van der Waals surface area contributed by atoms with Gasteiger partial charge >= 0.3 is 0 Å². The average molecular weight is 228 g/mol. The van der Waals surface area contributed by atoms with Gasteiger partial charge in [0.25, 0.3) is 0 Å². The molecular weight excluding hydrogens is 216 g/mol. The van der Waals surface area contributed by atoms with Crippen molar-refractivity contribution in [1.29, 1.82) is 5.26 Å². The van der Waals surface area contributed by atoms with Gasteiger partial charge in [0.1, 0.15) is 18.2 Å². The Morgan fingerprint density at radius 3 is 2.94 bits per heavy atom. The summed E-state index contributed by atoms with van der Waals surface area (Å²) in [4.78, 5) is 4.06. The van der Waals surface area contributed by atoms with Crippen LogP contribution in [0.1, 0.15) is 24.4 Å². The van der Waals surface area contributed by atoms with Gasteiger partial charge in [0, 0.05) is 5.69 Å². The first-order valence-corrected chi connectivity index (χ1v) is 5.12. The number of aromatic nitrogens is 3. The number of H-pyrrole nitrogens is 1. The zero-order valence-corrected chi connectivity index (χ0v) is 9.31. The summed E-state index contributed by atoms with van der Waals surface area (Å²) in [6.07, 6.45) is 1.46. The maximum atomic E-state index is 8.77. The fraction of sp³-hybridized carbons (Fsp3) is 0.182. The van der Waals surface area contributed by atoms with E-state index in [0.717, 1.165) is 11.5 Å². The van der Waals surface area contributed by atoms with Crippen molar-refractivity contribution in [2.75, 3.05) is 11.1 Å². The third kappa shape index (κ3) is 2.34. The van der Waals surface area contributed by atoms with Crippen LogP contribution in [0.4, 0.5) is 11.4 Å². The molecule has 0 spiro atoms. The van der Waals surface area contributed by atoms with E-state index in [1.165, 1.54) is 6.33 Å². The zero-order valence-electron chi connectivity index (χ0n) is 9.31. The lowest BCUT2D eigenvalue weighted by Gasteiger charge is -2.13. The predicted octanol–water partition coefficient (Wildman–Crippen LogP) is 1.43. The molecule has 0 aliphatic heterocycles. The number of nitriles is 1. The van der Waals surface area contributed by atoms with Gasteiger partial charge in [0.15, 0.2) is 0 Å². The molecule has 2 aromatic rings. The highest BCUT2D eigenvalue weighted by Crippen LogP contribution is 2.20. The van der Waals surface area contributed by atoms with E-state index in [-0.39, 0.29) is 6.04 Å². The number of aromatic amines is 1. The quantitative estimate of drug-likeness (QED) is 0.689. The maximum Gasteiger partial charge on any atom is 0.146 e. The van der Waals surface area contributed by atoms with Gasteiger partial charge in [-0.1, -0.05) is 0 Å². The van der Waals surface area contributed by atoms with Crippen LogP contribution in [0.25, 0.3) is 0 Å². The van der Waals surface area contributed by atoms with Gasteiger partial charge in [-0.3, -0.25) is 5.10 Å². The summed E-state index contributed by atoms with van der Waals surface area (Å²) in [5.74, 6) is 0.743. The van der Waals surface area contributed by atoms with Gasteiger partial charge < -0.3 is 11.1 Å². The average Bonchev–Trinajstić information content (AvgIpc) is 2.82. The molecule has 1 unspecified atom stereocenters. The third-order valence-electron chi connectivity index (χ3n) is 2.40. The van der Waals surface area contributed by atoms with Gasteiger partial charge in [-0.25, -0.2) is 4.98 Å². The van der Waals surface area contributed by atoms with E-state index in [1.807, 2.05) is 19.1 Å². The molecule has 1 aromatic carbocycles. The first kappa shape index (κ1) is 11.0. The monoisotopic (exact) mass is 228 g/mol. The molecule has 17 heavy (non-hydrogen) atoms. The molecule has 6 heteroatoms. The molecule has 0 aliphatic rings. The second-order valence-corrected chi connectivity index (χ2v) is 3.65. The molecule has 4 N–H and O–H groups in total. The van der Waals surface area contributed by atoms with Gasteiger partial charge in [-0.2, -0.15) is 10.4 Å². The lowest BCUT2D eigenvalue weighted by molar-refractivity contribution is 0.796. The van der Waals surface area contributed by atoms with Crippen molar-refractivity contribution in [2.24, 2.45) is 0 Å². The van der Waals surface area contributed by atoms with E-state index in [9.17, 15) is 0 Å². The SMILES string of the molecule is CC(Nc1ccc(C#N)c(N)c1)c1ncn[nH]1. The Labute approximate surface area is 98.5 Å². The van der Waals surface area contributed by atoms with Crippen LogP contribution in [0.15, 0.2) is 24.5 Å². The molecule has 6 nitrogen and oxygen atoms in total. The highest BCUT2D eigenvalue weighted by atomic mass is 15.2. The van der Waals surface area contributed by atoms with Crippen LogP contribution in [0.2, 0.25) is 0 Å². The van der Waals surface area contributed by atoms with E-state index in [1.54, 1.807) is 12.1 Å². The number of rotatable bonds is 3. The van der Waals surface area contributed by atoms with Crippen molar-refractivity contribution >= 4 is 11.4 Å². The van der Waals surface area contributed by atoms with Gasteiger partial charge in [-0.05, 0) is 25.1 Å². The standard InChI is InChI=1S/C11H12N6/c1-7(11-14-6-15-17-11)16-9-3-2-8(5-12)10(13)4-9/h2-4,6-7,16H,13H2,1H3,(H,14,15,17). The molecule has 0 saturated heterocycles. The Morgan fingerprint density at radius 2 is 2.35 bits per heavy atom. The molecule has 1 atom stereocenters. The van der Waals surface area contributed by atoms with Crippen molar-refractivity contribution in [3.8, 4) is 6.07 Å². The van der Waals surface area contributed by atoms with Crippen LogP contribution >= 0.6 is 0 Å². The summed E-state index contributed by atoms with van der Waals surface area (Å²) in [5, 5.41) is 18.6. The Hall–Kier alpha value is -2.55. The number of nitrogens with two attached hydrogens (primary N) is 1. The smallest absolute Gasteiger partial charge is 0.146 e. The molecule has 0 aliphatic carbocycles. The van der Waals surface area contributed by atoms with Crippen LogP contribution in [-0.4, -0.2) is 15.2 Å². The molecule has 0 fully saturated rings. The van der Waals surface area contributed by atoms with Crippen molar-refractivity contribution < 1.29 is 0 Å². The lowest BCUT2D eigenvalue weighted by Crippen LogP contribution is -2.08. The number of nitrogens with zero attached hydrogens (tertiary/aromatic N) is 3. The van der Waals surface area contributed by atoms with Crippen LogP contribution in [-0.2, 0) is 0 Å². The van der Waals surface area contributed by atoms with Gasteiger partial charge in [0.05, 0.1) is 17.3 Å². The topological polar surface area (TPSA) is 103 Å². The molecule has 2 rings (SSSR count). The minimum absolute atomic E-state index is 0.00941. The van der Waals surface area contributed by atoms with Crippen LogP contribution in [0, 0.1) is 11.3 Å². The fourth-order valence-electron chi connectivity index (χ4n) is 1.50. The first-order chi connectivity index (χ1) is 8.20. The molecule has 0 saturated carbocycles. The number of benzene rings is 1. The Morgan fingerprint density at radius 1 is 1.53 bits per heavy atom. The lowest BCUT2D eigenvalue weighted by atomic mass is 10.1. The van der Waals surface area contributed by atoms with E-state index >= 15 is 0 Å². The summed E-state index contributed by atoms with van der Waals surface area (Å²) in [7, 11) is 0. The second kappa shape index (κ2) is 4.53. The van der Waals surface area contributed by atoms with Crippen molar-refractivity contribution in [3.63, 3.8) is 0 Å². The number of hydrogen-bond acceptors (Lipinski definition) is 5. The summed E-state index contributed by atoms with van der Waals surface area (Å²) < 4.78 is 0. The first-order valence-electron chi connectivity index (χ1n) is 5.12. The largest absolute Gasteiger partial charge is 0.398 e. The summed E-state index contributed by atoms with van der Waals surface area (Å²) in [5.41, 5.74) is 7.50. The molecule has 1 heterocycles. The summed E-state index contributed by atoms with van der Waals surface area (Å²) >= 11 is 0. The number of nitrogen functional groups attached to an aromatic ring is 1. The number of nitrogens with one attached hydrogen (secondary N) is 2. The van der Waals surface area contributed by atoms with Crippen molar-refractivity contribution in [1.82, 2.24) is 15.2 Å². The fourth-order valence-corrected chi connectivity index (χ4v) is 1.50. The third-order valence-corrected chi connectivity index (χ3v) is 2.40. The molecule has 86 valence electrons. The summed E-state index contributed by atoms with van der Waals surface area (Å²) in [6.45, 7) is 1.95. The summed E-state index contributed by atoms with van der Waals surface area (Å²) in [6, 6.07) is 7.23. The van der Waals surface area contributed by atoms with Crippen LogP contribution in [0.5, 0.6) is 0 Å². The minimum Gasteiger partial charge on any atom is -0.398 e. The Bertz CT molecular complexity index is 540. The zero-order chi connectivity index (χ0) is 12.3. The van der Waals surface area contributed by atoms with Crippen molar-refractivity contribution in [3.05, 3.63) is 35.9 Å². The normalized spacial score (nSPS) is 11.8. The Kier molecular flexibility index (Phi) is 2.92. The van der Waals surface area contributed by atoms with Crippen molar-refractivity contribution in [2.45, 2.75) is 13.0 Å². The number of anilines is 2. The van der Waals surface area contributed by atoms with Crippen LogP contribution < -0.4 is 11.1 Å². The molecular formula is C11H12N6. The van der Waals surface area contributed by atoms with E-state index in [0.29, 0.717) is 11.3 Å². The van der Waals surface area contributed by atoms with Crippen LogP contribution in [0.3, 0.4) is 0 Å². The molecule has 0 bridgehead atoms. The molecule has 0 radical (unpaired) electrons.